The van der Waals surface area contributed by atoms with Gasteiger partial charge in [-0.3, -0.25) is 0 Å². The van der Waals surface area contributed by atoms with Gasteiger partial charge < -0.3 is 4.74 Å². The van der Waals surface area contributed by atoms with Crippen molar-refractivity contribution in [2.45, 2.75) is 53.4 Å². The first-order valence-electron chi connectivity index (χ1n) is 7.13. The summed E-state index contributed by atoms with van der Waals surface area (Å²) in [4.78, 5) is 4.35. The topological polar surface area (TPSA) is 45.9 Å². The molecule has 104 valence electrons. The van der Waals surface area contributed by atoms with Crippen LogP contribution >= 0.6 is 0 Å². The lowest BCUT2D eigenvalue weighted by molar-refractivity contribution is 0.225. The molecule has 0 saturated carbocycles. The highest BCUT2D eigenvalue weighted by atomic mass is 16.5. The second-order valence-corrected chi connectivity index (χ2v) is 5.10. The van der Waals surface area contributed by atoms with E-state index in [1.807, 2.05) is 19.9 Å². The van der Waals surface area contributed by atoms with Crippen molar-refractivity contribution in [1.29, 1.82) is 5.26 Å². The molecule has 1 atom stereocenters. The van der Waals surface area contributed by atoms with E-state index in [-0.39, 0.29) is 0 Å². The van der Waals surface area contributed by atoms with Crippen molar-refractivity contribution in [2.75, 3.05) is 6.61 Å². The standard InChI is InChI=1S/C16H24N2O/c1-5-7-8-14(6-2)11-19-16-15(10-17)12(3)9-13(4)18-16/h9,14H,5-8,11H2,1-4H3. The molecule has 1 heterocycles. The van der Waals surface area contributed by atoms with E-state index in [0.717, 1.165) is 17.7 Å². The van der Waals surface area contributed by atoms with Gasteiger partial charge in [0.05, 0.1) is 6.61 Å². The Kier molecular flexibility index (Phi) is 6.35. The zero-order valence-corrected chi connectivity index (χ0v) is 12.5. The van der Waals surface area contributed by atoms with E-state index in [1.165, 1.54) is 19.3 Å². The number of unbranched alkanes of at least 4 members (excludes halogenated alkanes) is 1. The summed E-state index contributed by atoms with van der Waals surface area (Å²) in [6.07, 6.45) is 4.72. The summed E-state index contributed by atoms with van der Waals surface area (Å²) in [5, 5.41) is 9.18. The third kappa shape index (κ3) is 4.55. The molecule has 0 bridgehead atoms. The lowest BCUT2D eigenvalue weighted by Crippen LogP contribution is -2.13. The number of nitrogens with zero attached hydrogens (tertiary/aromatic N) is 2. The van der Waals surface area contributed by atoms with Crippen LogP contribution in [-0.2, 0) is 0 Å². The van der Waals surface area contributed by atoms with Gasteiger partial charge in [0.25, 0.3) is 0 Å². The maximum Gasteiger partial charge on any atom is 0.232 e. The van der Waals surface area contributed by atoms with Crippen LogP contribution in [0.5, 0.6) is 5.88 Å². The van der Waals surface area contributed by atoms with Gasteiger partial charge in [0.1, 0.15) is 11.6 Å². The van der Waals surface area contributed by atoms with Crippen LogP contribution < -0.4 is 4.74 Å². The van der Waals surface area contributed by atoms with Crippen LogP contribution in [0.25, 0.3) is 0 Å². The second-order valence-electron chi connectivity index (χ2n) is 5.10. The normalized spacial score (nSPS) is 11.9. The zero-order chi connectivity index (χ0) is 14.3. The SMILES string of the molecule is CCCCC(CC)COc1nc(C)cc(C)c1C#N. The van der Waals surface area contributed by atoms with Gasteiger partial charge in [-0.2, -0.15) is 5.26 Å². The van der Waals surface area contributed by atoms with Crippen molar-refractivity contribution >= 4 is 0 Å². The molecule has 0 fully saturated rings. The quantitative estimate of drug-likeness (QED) is 0.739. The first-order chi connectivity index (χ1) is 9.12. The predicted octanol–water partition coefficient (Wildman–Crippen LogP) is 4.17. The highest BCUT2D eigenvalue weighted by Crippen LogP contribution is 2.22. The minimum absolute atomic E-state index is 0.495. The molecule has 19 heavy (non-hydrogen) atoms. The molecule has 3 nitrogen and oxygen atoms in total. The third-order valence-electron chi connectivity index (χ3n) is 3.42. The number of hydrogen-bond donors (Lipinski definition) is 0. The first kappa shape index (κ1) is 15.5. The molecule has 0 aliphatic heterocycles. The number of rotatable bonds is 7. The lowest BCUT2D eigenvalue weighted by Gasteiger charge is -2.16. The Morgan fingerprint density at radius 3 is 2.68 bits per heavy atom. The van der Waals surface area contributed by atoms with E-state index < -0.39 is 0 Å². The van der Waals surface area contributed by atoms with Crippen LogP contribution in [0.3, 0.4) is 0 Å². The average Bonchev–Trinajstić information content (AvgIpc) is 2.38. The fourth-order valence-electron chi connectivity index (χ4n) is 2.14. The largest absolute Gasteiger partial charge is 0.476 e. The fraction of sp³-hybridized carbons (Fsp3) is 0.625. The van der Waals surface area contributed by atoms with Crippen molar-refractivity contribution in [3.8, 4) is 11.9 Å². The lowest BCUT2D eigenvalue weighted by atomic mass is 10.0. The minimum atomic E-state index is 0.495. The fourth-order valence-corrected chi connectivity index (χ4v) is 2.14. The Hall–Kier alpha value is -1.56. The van der Waals surface area contributed by atoms with E-state index >= 15 is 0 Å². The molecule has 1 aromatic rings. The smallest absolute Gasteiger partial charge is 0.232 e. The monoisotopic (exact) mass is 260 g/mol. The van der Waals surface area contributed by atoms with Crippen LogP contribution in [-0.4, -0.2) is 11.6 Å². The van der Waals surface area contributed by atoms with Gasteiger partial charge in [0.2, 0.25) is 5.88 Å². The number of hydrogen-bond acceptors (Lipinski definition) is 3. The van der Waals surface area contributed by atoms with E-state index in [9.17, 15) is 5.26 Å². The highest BCUT2D eigenvalue weighted by molar-refractivity contribution is 5.45. The summed E-state index contributed by atoms with van der Waals surface area (Å²) in [6.45, 7) is 8.89. The third-order valence-corrected chi connectivity index (χ3v) is 3.42. The molecule has 0 aromatic carbocycles. The molecule has 0 saturated heterocycles. The Morgan fingerprint density at radius 2 is 2.11 bits per heavy atom. The Morgan fingerprint density at radius 1 is 1.37 bits per heavy atom. The van der Waals surface area contributed by atoms with Gasteiger partial charge in [0, 0.05) is 5.69 Å². The van der Waals surface area contributed by atoms with E-state index in [2.05, 4.69) is 24.9 Å². The summed E-state index contributed by atoms with van der Waals surface area (Å²) in [6, 6.07) is 4.10. The summed E-state index contributed by atoms with van der Waals surface area (Å²) < 4.78 is 5.81. The van der Waals surface area contributed by atoms with E-state index in [0.29, 0.717) is 24.0 Å². The van der Waals surface area contributed by atoms with Gasteiger partial charge in [-0.05, 0) is 37.8 Å². The average molecular weight is 260 g/mol. The van der Waals surface area contributed by atoms with Crippen LogP contribution in [0.4, 0.5) is 0 Å². The first-order valence-corrected chi connectivity index (χ1v) is 7.13. The van der Waals surface area contributed by atoms with Crippen molar-refractivity contribution in [1.82, 2.24) is 4.98 Å². The van der Waals surface area contributed by atoms with Crippen molar-refractivity contribution in [3.05, 3.63) is 22.9 Å². The molecule has 0 amide bonds. The zero-order valence-electron chi connectivity index (χ0n) is 12.5. The van der Waals surface area contributed by atoms with E-state index in [1.54, 1.807) is 0 Å². The van der Waals surface area contributed by atoms with Gasteiger partial charge in [-0.1, -0.05) is 33.1 Å². The van der Waals surface area contributed by atoms with Gasteiger partial charge in [-0.25, -0.2) is 4.98 Å². The number of aromatic nitrogens is 1. The summed E-state index contributed by atoms with van der Waals surface area (Å²) in [5.74, 6) is 1.05. The maximum absolute atomic E-state index is 9.18. The molecule has 1 rings (SSSR count). The van der Waals surface area contributed by atoms with Crippen LogP contribution in [0.15, 0.2) is 6.07 Å². The molecule has 3 heteroatoms. The summed E-state index contributed by atoms with van der Waals surface area (Å²) in [5.41, 5.74) is 2.40. The second kappa shape index (κ2) is 7.78. The van der Waals surface area contributed by atoms with Crippen molar-refractivity contribution in [3.63, 3.8) is 0 Å². The minimum Gasteiger partial charge on any atom is -0.476 e. The van der Waals surface area contributed by atoms with E-state index in [4.69, 9.17) is 4.74 Å². The van der Waals surface area contributed by atoms with Crippen LogP contribution in [0.1, 0.15) is 56.4 Å². The number of pyridine rings is 1. The van der Waals surface area contributed by atoms with Crippen molar-refractivity contribution in [2.24, 2.45) is 5.92 Å². The van der Waals surface area contributed by atoms with Gasteiger partial charge in [0.15, 0.2) is 0 Å². The van der Waals surface area contributed by atoms with Crippen LogP contribution in [0, 0.1) is 31.1 Å². The van der Waals surface area contributed by atoms with Crippen LogP contribution in [0.2, 0.25) is 0 Å². The predicted molar refractivity (Wildman–Crippen MR) is 77.2 cm³/mol. The number of aryl methyl sites for hydroxylation is 2. The van der Waals surface area contributed by atoms with Gasteiger partial charge in [-0.15, -0.1) is 0 Å². The Bertz CT molecular complexity index is 449. The molecule has 0 spiro atoms. The highest BCUT2D eigenvalue weighted by Gasteiger charge is 2.12. The summed E-state index contributed by atoms with van der Waals surface area (Å²) in [7, 11) is 0. The molecule has 0 N–H and O–H groups in total. The molecule has 1 unspecified atom stereocenters. The Labute approximate surface area is 116 Å². The number of nitriles is 1. The maximum atomic E-state index is 9.18. The number of ether oxygens (including phenoxy) is 1. The van der Waals surface area contributed by atoms with Crippen molar-refractivity contribution < 1.29 is 4.74 Å². The molecule has 1 aromatic heterocycles. The summed E-state index contributed by atoms with van der Waals surface area (Å²) >= 11 is 0. The molecular weight excluding hydrogens is 236 g/mol. The molecule has 0 radical (unpaired) electrons. The van der Waals surface area contributed by atoms with Gasteiger partial charge >= 0.3 is 0 Å². The molecule has 0 aliphatic carbocycles. The Balaban J connectivity index is 2.74. The molecule has 0 aliphatic rings. The molecular formula is C16H24N2O.